The standard InChI is InChI=1S/C7H14N2O.ClH/c1-7(2)4-5(8)3-6(10)9-7;/h5H,3-4,8H2,1-2H3,(H,9,10);1H. The molecule has 1 saturated heterocycles. The van der Waals surface area contributed by atoms with Gasteiger partial charge in [-0.15, -0.1) is 12.4 Å². The molecule has 3 N–H and O–H groups in total. The lowest BCUT2D eigenvalue weighted by molar-refractivity contribution is -0.125. The molecule has 0 aromatic carbocycles. The van der Waals surface area contributed by atoms with Crippen molar-refractivity contribution in [3.63, 3.8) is 0 Å². The van der Waals surface area contributed by atoms with Gasteiger partial charge in [-0.25, -0.2) is 0 Å². The molecule has 1 rings (SSSR count). The molecule has 1 aliphatic rings. The largest absolute Gasteiger partial charge is 0.351 e. The summed E-state index contributed by atoms with van der Waals surface area (Å²) in [6, 6.07) is 0.0451. The Bertz CT molecular complexity index is 159. The Morgan fingerprint density at radius 3 is 2.55 bits per heavy atom. The zero-order chi connectivity index (χ0) is 7.78. The first kappa shape index (κ1) is 10.7. The van der Waals surface area contributed by atoms with Gasteiger partial charge in [-0.3, -0.25) is 4.79 Å². The molecule has 0 aromatic rings. The third-order valence-corrected chi connectivity index (χ3v) is 1.70. The molecule has 0 aliphatic carbocycles. The molecule has 0 aromatic heterocycles. The number of carbonyl (C=O) groups is 1. The summed E-state index contributed by atoms with van der Waals surface area (Å²) in [4.78, 5) is 10.9. The number of nitrogens with two attached hydrogens (primary N) is 1. The van der Waals surface area contributed by atoms with E-state index >= 15 is 0 Å². The van der Waals surface area contributed by atoms with Gasteiger partial charge in [0.2, 0.25) is 5.91 Å². The highest BCUT2D eigenvalue weighted by Crippen LogP contribution is 2.16. The van der Waals surface area contributed by atoms with Crippen molar-refractivity contribution in [2.45, 2.75) is 38.3 Å². The Hall–Kier alpha value is -0.280. The molecule has 0 spiro atoms. The monoisotopic (exact) mass is 178 g/mol. The molecule has 11 heavy (non-hydrogen) atoms. The van der Waals surface area contributed by atoms with E-state index in [1.807, 2.05) is 13.8 Å². The summed E-state index contributed by atoms with van der Waals surface area (Å²) in [6.45, 7) is 3.98. The third-order valence-electron chi connectivity index (χ3n) is 1.70. The Balaban J connectivity index is 0.000001000. The van der Waals surface area contributed by atoms with Crippen LogP contribution >= 0.6 is 12.4 Å². The molecule has 0 saturated carbocycles. The zero-order valence-corrected chi connectivity index (χ0v) is 7.70. The van der Waals surface area contributed by atoms with E-state index in [0.717, 1.165) is 6.42 Å². The predicted octanol–water partition coefficient (Wildman–Crippen LogP) is 0.424. The lowest BCUT2D eigenvalue weighted by Crippen LogP contribution is -2.53. The number of piperidine rings is 1. The van der Waals surface area contributed by atoms with Crippen molar-refractivity contribution in [3.8, 4) is 0 Å². The van der Waals surface area contributed by atoms with Crippen molar-refractivity contribution >= 4 is 18.3 Å². The number of rotatable bonds is 0. The van der Waals surface area contributed by atoms with E-state index in [1.165, 1.54) is 0 Å². The maximum absolute atomic E-state index is 10.9. The number of amides is 1. The van der Waals surface area contributed by atoms with Gasteiger partial charge >= 0.3 is 0 Å². The molecule has 0 radical (unpaired) electrons. The van der Waals surface area contributed by atoms with Crippen LogP contribution in [0.2, 0.25) is 0 Å². The van der Waals surface area contributed by atoms with Crippen molar-refractivity contribution in [1.29, 1.82) is 0 Å². The molecule has 66 valence electrons. The summed E-state index contributed by atoms with van der Waals surface area (Å²) in [5.74, 6) is 0.0729. The highest BCUT2D eigenvalue weighted by Gasteiger charge is 2.29. The van der Waals surface area contributed by atoms with Crippen LogP contribution in [0, 0.1) is 0 Å². The maximum Gasteiger partial charge on any atom is 0.221 e. The Morgan fingerprint density at radius 1 is 1.64 bits per heavy atom. The molecule has 1 aliphatic heterocycles. The first-order valence-corrected chi connectivity index (χ1v) is 3.56. The lowest BCUT2D eigenvalue weighted by atomic mass is 9.90. The minimum atomic E-state index is -0.102. The first-order valence-electron chi connectivity index (χ1n) is 3.56. The topological polar surface area (TPSA) is 55.1 Å². The highest BCUT2D eigenvalue weighted by molar-refractivity contribution is 5.85. The summed E-state index contributed by atoms with van der Waals surface area (Å²) in [7, 11) is 0. The summed E-state index contributed by atoms with van der Waals surface area (Å²) >= 11 is 0. The molecule has 3 nitrogen and oxygen atoms in total. The quantitative estimate of drug-likeness (QED) is 0.565. The molecule has 4 heteroatoms. The van der Waals surface area contributed by atoms with Gasteiger partial charge in [0.15, 0.2) is 0 Å². The fraction of sp³-hybridized carbons (Fsp3) is 0.857. The van der Waals surface area contributed by atoms with Crippen LogP contribution in [0.5, 0.6) is 0 Å². The van der Waals surface area contributed by atoms with E-state index in [0.29, 0.717) is 6.42 Å². The van der Waals surface area contributed by atoms with Gasteiger partial charge in [-0.2, -0.15) is 0 Å². The molecular formula is C7H15ClN2O. The SMILES string of the molecule is CC1(C)CC(N)CC(=O)N1.Cl. The summed E-state index contributed by atoms with van der Waals surface area (Å²) < 4.78 is 0. The van der Waals surface area contributed by atoms with Crippen LogP contribution in [-0.4, -0.2) is 17.5 Å². The van der Waals surface area contributed by atoms with E-state index in [2.05, 4.69) is 5.32 Å². The number of nitrogens with one attached hydrogen (secondary N) is 1. The van der Waals surface area contributed by atoms with Gasteiger partial charge < -0.3 is 11.1 Å². The third kappa shape index (κ3) is 3.08. The van der Waals surface area contributed by atoms with Crippen LogP contribution < -0.4 is 11.1 Å². The molecule has 1 fully saturated rings. The van der Waals surface area contributed by atoms with E-state index in [4.69, 9.17) is 5.73 Å². The van der Waals surface area contributed by atoms with E-state index in [1.54, 1.807) is 0 Å². The fourth-order valence-electron chi connectivity index (χ4n) is 1.45. The molecule has 1 unspecified atom stereocenters. The smallest absolute Gasteiger partial charge is 0.221 e. The summed E-state index contributed by atoms with van der Waals surface area (Å²) in [5.41, 5.74) is 5.54. The Labute approximate surface area is 73.1 Å². The lowest BCUT2D eigenvalue weighted by Gasteiger charge is -2.34. The van der Waals surface area contributed by atoms with Crippen molar-refractivity contribution < 1.29 is 4.79 Å². The number of hydrogen-bond acceptors (Lipinski definition) is 2. The first-order chi connectivity index (χ1) is 4.49. The zero-order valence-electron chi connectivity index (χ0n) is 6.89. The van der Waals surface area contributed by atoms with Crippen LogP contribution in [0.1, 0.15) is 26.7 Å². The molecule has 1 amide bonds. The van der Waals surface area contributed by atoms with Crippen molar-refractivity contribution in [2.75, 3.05) is 0 Å². The molecular weight excluding hydrogens is 164 g/mol. The Kier molecular flexibility index (Phi) is 3.32. The van der Waals surface area contributed by atoms with E-state index < -0.39 is 0 Å². The van der Waals surface area contributed by atoms with Gasteiger partial charge in [0.25, 0.3) is 0 Å². The van der Waals surface area contributed by atoms with Gasteiger partial charge in [0.1, 0.15) is 0 Å². The average molecular weight is 179 g/mol. The van der Waals surface area contributed by atoms with Gasteiger partial charge in [-0.05, 0) is 20.3 Å². The minimum Gasteiger partial charge on any atom is -0.351 e. The molecule has 1 heterocycles. The van der Waals surface area contributed by atoms with E-state index in [9.17, 15) is 4.79 Å². The van der Waals surface area contributed by atoms with Gasteiger partial charge in [-0.1, -0.05) is 0 Å². The van der Waals surface area contributed by atoms with Crippen LogP contribution in [0.3, 0.4) is 0 Å². The molecule has 1 atom stereocenters. The highest BCUT2D eigenvalue weighted by atomic mass is 35.5. The van der Waals surface area contributed by atoms with E-state index in [-0.39, 0.29) is 29.9 Å². The number of carbonyl (C=O) groups excluding carboxylic acids is 1. The minimum absolute atomic E-state index is 0. The van der Waals surface area contributed by atoms with Crippen LogP contribution in [-0.2, 0) is 4.79 Å². The average Bonchev–Trinajstić information content (AvgIpc) is 1.54. The second kappa shape index (κ2) is 3.41. The van der Waals surface area contributed by atoms with Gasteiger partial charge in [0, 0.05) is 18.0 Å². The predicted molar refractivity (Wildman–Crippen MR) is 46.7 cm³/mol. The normalized spacial score (nSPS) is 28.6. The maximum atomic E-state index is 10.9. The van der Waals surface area contributed by atoms with Crippen LogP contribution in [0.25, 0.3) is 0 Å². The summed E-state index contributed by atoms with van der Waals surface area (Å²) in [6.07, 6.45) is 1.35. The second-order valence-electron chi connectivity index (χ2n) is 3.60. The fourth-order valence-corrected chi connectivity index (χ4v) is 1.45. The Morgan fingerprint density at radius 2 is 2.18 bits per heavy atom. The number of hydrogen-bond donors (Lipinski definition) is 2. The van der Waals surface area contributed by atoms with Crippen LogP contribution in [0.15, 0.2) is 0 Å². The van der Waals surface area contributed by atoms with Crippen molar-refractivity contribution in [2.24, 2.45) is 5.73 Å². The molecule has 0 bridgehead atoms. The second-order valence-corrected chi connectivity index (χ2v) is 3.60. The van der Waals surface area contributed by atoms with Crippen molar-refractivity contribution in [3.05, 3.63) is 0 Å². The van der Waals surface area contributed by atoms with Crippen LogP contribution in [0.4, 0.5) is 0 Å². The van der Waals surface area contributed by atoms with Crippen molar-refractivity contribution in [1.82, 2.24) is 5.32 Å². The number of halogens is 1. The summed E-state index contributed by atoms with van der Waals surface area (Å²) in [5, 5.41) is 2.87. The van der Waals surface area contributed by atoms with Gasteiger partial charge in [0.05, 0.1) is 0 Å².